The van der Waals surface area contributed by atoms with E-state index in [9.17, 15) is 10.2 Å². The predicted octanol–water partition coefficient (Wildman–Crippen LogP) is 2.77. The van der Waals surface area contributed by atoms with Gasteiger partial charge in [0.1, 0.15) is 11.7 Å². The Bertz CT molecular complexity index is 1030. The number of benzene rings is 1. The quantitative estimate of drug-likeness (QED) is 0.720. The molecule has 5 aliphatic carbocycles. The number of phenolic OH excluding ortho intramolecular Hbond substituents is 1. The van der Waals surface area contributed by atoms with Gasteiger partial charge in [-0.05, 0) is 77.1 Å². The number of rotatable bonds is 3. The van der Waals surface area contributed by atoms with Gasteiger partial charge < -0.3 is 24.6 Å². The van der Waals surface area contributed by atoms with E-state index in [4.69, 9.17) is 9.47 Å². The Kier molecular flexibility index (Phi) is 3.67. The molecule has 167 valence electrons. The predicted molar refractivity (Wildman–Crippen MR) is 119 cm³/mol. The van der Waals surface area contributed by atoms with Crippen LogP contribution in [0, 0.1) is 42.9 Å². The maximum absolute atomic E-state index is 12.0. The van der Waals surface area contributed by atoms with Gasteiger partial charge in [0.2, 0.25) is 0 Å². The van der Waals surface area contributed by atoms with Crippen LogP contribution in [-0.2, 0) is 16.6 Å². The number of fused-ring (bicyclic) bond motifs is 1. The minimum absolute atomic E-state index is 0.182. The molecule has 2 saturated carbocycles. The number of likely N-dealkylation sites (tertiary alicyclic amines) is 1. The van der Waals surface area contributed by atoms with Gasteiger partial charge in [0.15, 0.2) is 11.5 Å². The molecule has 1 saturated heterocycles. The van der Waals surface area contributed by atoms with E-state index in [0.29, 0.717) is 11.8 Å². The molecule has 0 amide bonds. The fourth-order valence-corrected chi connectivity index (χ4v) is 8.61. The van der Waals surface area contributed by atoms with Crippen LogP contribution in [0.25, 0.3) is 0 Å². The van der Waals surface area contributed by atoms with E-state index in [1.807, 2.05) is 32.6 Å². The molecule has 2 heterocycles. The second-order valence-electron chi connectivity index (χ2n) is 10.9. The number of nitrogens with zero attached hydrogens (tertiary/aromatic N) is 1. The fourth-order valence-electron chi connectivity index (χ4n) is 8.61. The van der Waals surface area contributed by atoms with Crippen LogP contribution < -0.4 is 4.74 Å². The van der Waals surface area contributed by atoms with Crippen LogP contribution in [-0.4, -0.2) is 59.2 Å². The number of phenols is 1. The van der Waals surface area contributed by atoms with Crippen molar-refractivity contribution in [1.82, 2.24) is 4.90 Å². The highest BCUT2D eigenvalue weighted by Gasteiger charge is 2.80. The smallest absolute Gasteiger partial charge is 0.165 e. The van der Waals surface area contributed by atoms with Gasteiger partial charge in [0, 0.05) is 36.0 Å². The van der Waals surface area contributed by atoms with E-state index < -0.39 is 11.2 Å². The summed E-state index contributed by atoms with van der Waals surface area (Å²) < 4.78 is 13.2. The summed E-state index contributed by atoms with van der Waals surface area (Å²) in [6.07, 6.45) is 15.0. The summed E-state index contributed by atoms with van der Waals surface area (Å²) in [4.78, 5) is 2.50. The van der Waals surface area contributed by atoms with Crippen LogP contribution in [0.1, 0.15) is 30.9 Å². The Hall–Kier alpha value is -1.56. The highest BCUT2D eigenvalue weighted by atomic mass is 16.6. The first-order valence-electron chi connectivity index (χ1n) is 11.7. The number of aromatic hydroxyl groups is 1. The van der Waals surface area contributed by atoms with Gasteiger partial charge in [-0.3, -0.25) is 0 Å². The van der Waals surface area contributed by atoms with Crippen molar-refractivity contribution in [2.24, 2.45) is 11.3 Å². The number of hydrogen-bond donors (Lipinski definition) is 2. The lowest BCUT2D eigenvalue weighted by molar-refractivity contribution is -0.242. The van der Waals surface area contributed by atoms with Gasteiger partial charge in [-0.2, -0.15) is 0 Å². The number of hydrogen-bond acceptors (Lipinski definition) is 5. The summed E-state index contributed by atoms with van der Waals surface area (Å²) >= 11 is 0. The molecular formula is C27H30NO4. The van der Waals surface area contributed by atoms with E-state index >= 15 is 0 Å². The third-order valence-corrected chi connectivity index (χ3v) is 10.00. The van der Waals surface area contributed by atoms with Crippen molar-refractivity contribution in [3.05, 3.63) is 67.0 Å². The molecule has 5 radical (unpaired) electrons. The van der Waals surface area contributed by atoms with Gasteiger partial charge in [0.25, 0.3) is 0 Å². The zero-order valence-electron chi connectivity index (χ0n) is 18.8. The molecule has 1 aromatic rings. The average molecular weight is 433 g/mol. The van der Waals surface area contributed by atoms with E-state index in [-0.39, 0.29) is 28.6 Å². The Morgan fingerprint density at radius 3 is 2.75 bits per heavy atom. The summed E-state index contributed by atoms with van der Waals surface area (Å²) in [5.41, 5.74) is 0.181. The summed E-state index contributed by atoms with van der Waals surface area (Å²) in [7, 11) is 3.98. The molecule has 5 heteroatoms. The standard InChI is InChI=1S/C27H30NO4/c1-24(30,17-6-4-5-7-17)19-15-25-10-11-27(19,31-3)23-26(25)12-13-28(2)20(25)14-16-8-9-18(29)22(32-23)21(16)26/h4-11,19-20,23,29-30H,12-15H2,1-3H3/t19-,20?,23-,24?,25-,26+,27+/m1/s1. The van der Waals surface area contributed by atoms with Crippen molar-refractivity contribution in [2.75, 3.05) is 20.7 Å². The molecule has 2 unspecified atom stereocenters. The topological polar surface area (TPSA) is 62.2 Å². The van der Waals surface area contributed by atoms with Gasteiger partial charge in [0.05, 0.1) is 11.0 Å². The monoisotopic (exact) mass is 432 g/mol. The maximum atomic E-state index is 12.0. The van der Waals surface area contributed by atoms with E-state index in [2.05, 4.69) is 30.2 Å². The largest absolute Gasteiger partial charge is 0.504 e. The minimum atomic E-state index is -1.08. The Morgan fingerprint density at radius 2 is 2.00 bits per heavy atom. The lowest BCUT2D eigenvalue weighted by atomic mass is 9.35. The van der Waals surface area contributed by atoms with Crippen LogP contribution in [0.3, 0.4) is 0 Å². The fraction of sp³-hybridized carbons (Fsp3) is 0.519. The third-order valence-electron chi connectivity index (χ3n) is 10.00. The lowest BCUT2D eigenvalue weighted by Gasteiger charge is -2.72. The molecule has 2 aliphatic heterocycles. The first kappa shape index (κ1) is 19.9. The average Bonchev–Trinajstić information content (AvgIpc) is 3.45. The van der Waals surface area contributed by atoms with E-state index in [1.165, 1.54) is 11.1 Å². The van der Waals surface area contributed by atoms with Crippen LogP contribution >= 0.6 is 0 Å². The molecule has 2 spiro atoms. The van der Waals surface area contributed by atoms with Crippen molar-refractivity contribution < 1.29 is 19.7 Å². The maximum Gasteiger partial charge on any atom is 0.165 e. The number of ether oxygens (including phenoxy) is 2. The molecule has 1 aromatic carbocycles. The number of aliphatic hydroxyl groups is 1. The molecule has 0 aromatic heterocycles. The second-order valence-corrected chi connectivity index (χ2v) is 10.9. The van der Waals surface area contributed by atoms with Crippen molar-refractivity contribution in [3.8, 4) is 11.5 Å². The Morgan fingerprint density at radius 1 is 1.22 bits per heavy atom. The minimum Gasteiger partial charge on any atom is -0.504 e. The summed E-state index contributed by atoms with van der Waals surface area (Å²) in [6, 6.07) is 4.18. The molecular weight excluding hydrogens is 402 g/mol. The normalized spacial score (nSPS) is 45.6. The second kappa shape index (κ2) is 5.92. The van der Waals surface area contributed by atoms with Crippen LogP contribution in [0.2, 0.25) is 0 Å². The summed E-state index contributed by atoms with van der Waals surface area (Å²) in [6.45, 7) is 2.91. The first-order valence-corrected chi connectivity index (χ1v) is 11.7. The van der Waals surface area contributed by atoms with Crippen molar-refractivity contribution in [3.63, 3.8) is 0 Å². The molecule has 2 N–H and O–H groups in total. The molecule has 32 heavy (non-hydrogen) atoms. The van der Waals surface area contributed by atoms with Crippen molar-refractivity contribution in [2.45, 2.75) is 54.9 Å². The SMILES string of the molecule is CO[C@@]12C=C[C@@]3(C[C@@H]1C(C)(O)[C]1[CH][CH][CH][CH]1)C1Cc4ccc(O)c5c4[C@@]3(CCN1C)[C@H]2O5. The molecule has 8 rings (SSSR count). The third kappa shape index (κ3) is 1.89. The molecule has 3 fully saturated rings. The first-order chi connectivity index (χ1) is 15.3. The van der Waals surface area contributed by atoms with Crippen LogP contribution in [0.5, 0.6) is 11.5 Å². The molecule has 5 nitrogen and oxygen atoms in total. The molecule has 7 atom stereocenters. The molecule has 4 bridgehead atoms. The van der Waals surface area contributed by atoms with Gasteiger partial charge >= 0.3 is 0 Å². The zero-order valence-corrected chi connectivity index (χ0v) is 18.8. The van der Waals surface area contributed by atoms with Crippen molar-refractivity contribution in [1.29, 1.82) is 0 Å². The zero-order chi connectivity index (χ0) is 22.1. The molecule has 7 aliphatic rings. The summed E-state index contributed by atoms with van der Waals surface area (Å²) in [5.74, 6) is 1.58. The van der Waals surface area contributed by atoms with Crippen LogP contribution in [0.15, 0.2) is 24.3 Å². The number of methoxy groups -OCH3 is 1. The highest BCUT2D eigenvalue weighted by molar-refractivity contribution is 5.65. The van der Waals surface area contributed by atoms with Gasteiger partial charge in [-0.25, -0.2) is 0 Å². The Labute approximate surface area is 190 Å². The highest BCUT2D eigenvalue weighted by Crippen LogP contribution is 2.75. The number of piperidine rings is 1. The van der Waals surface area contributed by atoms with Gasteiger partial charge in [-0.15, -0.1) is 0 Å². The number of likely N-dealkylation sites (N-methyl/N-ethyl adjacent to an activating group) is 1. The van der Waals surface area contributed by atoms with Gasteiger partial charge in [-0.1, -0.05) is 18.2 Å². The van der Waals surface area contributed by atoms with E-state index in [0.717, 1.165) is 31.7 Å². The Balaban J connectivity index is 1.50. The summed E-state index contributed by atoms with van der Waals surface area (Å²) in [5, 5.41) is 22.9. The van der Waals surface area contributed by atoms with E-state index in [1.54, 1.807) is 13.2 Å². The van der Waals surface area contributed by atoms with Crippen molar-refractivity contribution >= 4 is 0 Å². The van der Waals surface area contributed by atoms with Crippen LogP contribution in [0.4, 0.5) is 0 Å². The lowest BCUT2D eigenvalue weighted by Crippen LogP contribution is -2.80.